The average Bonchev–Trinajstić information content (AvgIpc) is 2.84. The Hall–Kier alpha value is -2.90. The predicted octanol–water partition coefficient (Wildman–Crippen LogP) is 4.02. The standard InChI is InChI=1S/C18H12ClN3O/c1-12-17(9-13-5-7-14(11-20)8-6-13)18(23)22(21-12)16-4-2-3-15(19)10-16/h2-10H,1H3/b17-9+. The number of hydrogen-bond acceptors (Lipinski definition) is 3. The van der Waals surface area contributed by atoms with Crippen molar-refractivity contribution in [3.8, 4) is 6.07 Å². The lowest BCUT2D eigenvalue weighted by atomic mass is 10.1. The van der Waals surface area contributed by atoms with E-state index in [1.54, 1.807) is 61.5 Å². The van der Waals surface area contributed by atoms with Crippen molar-refractivity contribution in [3.63, 3.8) is 0 Å². The Kier molecular flexibility index (Phi) is 3.96. The van der Waals surface area contributed by atoms with Crippen LogP contribution in [0.15, 0.2) is 59.2 Å². The van der Waals surface area contributed by atoms with Crippen molar-refractivity contribution in [1.29, 1.82) is 5.26 Å². The number of hydrogen-bond donors (Lipinski definition) is 0. The normalized spacial score (nSPS) is 15.7. The maximum atomic E-state index is 12.6. The van der Waals surface area contributed by atoms with Gasteiger partial charge in [-0.3, -0.25) is 4.79 Å². The number of halogens is 1. The van der Waals surface area contributed by atoms with E-state index < -0.39 is 0 Å². The molecule has 4 nitrogen and oxygen atoms in total. The number of nitrogens with zero attached hydrogens (tertiary/aromatic N) is 3. The Labute approximate surface area is 138 Å². The molecule has 0 fully saturated rings. The zero-order chi connectivity index (χ0) is 16.4. The Bertz CT molecular complexity index is 876. The summed E-state index contributed by atoms with van der Waals surface area (Å²) in [7, 11) is 0. The molecule has 0 aliphatic carbocycles. The van der Waals surface area contributed by atoms with E-state index in [1.807, 2.05) is 0 Å². The molecule has 0 saturated carbocycles. The average molecular weight is 322 g/mol. The second-order valence-electron chi connectivity index (χ2n) is 5.07. The Morgan fingerprint density at radius 3 is 2.61 bits per heavy atom. The van der Waals surface area contributed by atoms with Crippen LogP contribution in [0.4, 0.5) is 5.69 Å². The summed E-state index contributed by atoms with van der Waals surface area (Å²) in [5.41, 5.74) is 3.21. The molecule has 0 radical (unpaired) electrons. The van der Waals surface area contributed by atoms with Gasteiger partial charge in [-0.2, -0.15) is 15.4 Å². The molecule has 3 rings (SSSR count). The third-order valence-corrected chi connectivity index (χ3v) is 3.70. The lowest BCUT2D eigenvalue weighted by Crippen LogP contribution is -2.21. The van der Waals surface area contributed by atoms with Crippen molar-refractivity contribution in [3.05, 3.63) is 70.3 Å². The number of hydrazone groups is 1. The number of benzene rings is 2. The van der Waals surface area contributed by atoms with Gasteiger partial charge in [-0.05, 0) is 48.9 Å². The second-order valence-corrected chi connectivity index (χ2v) is 5.51. The largest absolute Gasteiger partial charge is 0.280 e. The molecular formula is C18H12ClN3O. The summed E-state index contributed by atoms with van der Waals surface area (Å²) in [6, 6.07) is 16.1. The van der Waals surface area contributed by atoms with Crippen molar-refractivity contribution in [2.75, 3.05) is 5.01 Å². The number of carbonyl (C=O) groups is 1. The van der Waals surface area contributed by atoms with Crippen LogP contribution in [0.1, 0.15) is 18.1 Å². The lowest BCUT2D eigenvalue weighted by molar-refractivity contribution is -0.114. The van der Waals surface area contributed by atoms with Gasteiger partial charge in [-0.25, -0.2) is 0 Å². The first-order valence-corrected chi connectivity index (χ1v) is 7.34. The third-order valence-electron chi connectivity index (χ3n) is 3.47. The molecule has 0 bridgehead atoms. The van der Waals surface area contributed by atoms with E-state index >= 15 is 0 Å². The number of anilines is 1. The molecule has 0 atom stereocenters. The molecule has 1 heterocycles. The highest BCUT2D eigenvalue weighted by Crippen LogP contribution is 2.26. The van der Waals surface area contributed by atoms with Crippen LogP contribution in [0.2, 0.25) is 5.02 Å². The van der Waals surface area contributed by atoms with E-state index in [0.717, 1.165) is 5.56 Å². The van der Waals surface area contributed by atoms with E-state index in [9.17, 15) is 4.79 Å². The molecule has 23 heavy (non-hydrogen) atoms. The smallest absolute Gasteiger partial charge is 0.267 e. The summed E-state index contributed by atoms with van der Waals surface area (Å²) < 4.78 is 0. The molecule has 0 saturated heterocycles. The molecule has 0 N–H and O–H groups in total. The van der Waals surface area contributed by atoms with Crippen LogP contribution >= 0.6 is 11.6 Å². The van der Waals surface area contributed by atoms with Crippen LogP contribution in [0.25, 0.3) is 6.08 Å². The molecule has 0 spiro atoms. The van der Waals surface area contributed by atoms with E-state index in [0.29, 0.717) is 27.6 Å². The monoisotopic (exact) mass is 321 g/mol. The van der Waals surface area contributed by atoms with Gasteiger partial charge in [0.25, 0.3) is 5.91 Å². The van der Waals surface area contributed by atoms with Crippen molar-refractivity contribution in [2.24, 2.45) is 5.10 Å². The maximum Gasteiger partial charge on any atom is 0.280 e. The molecular weight excluding hydrogens is 310 g/mol. The maximum absolute atomic E-state index is 12.6. The van der Waals surface area contributed by atoms with Crippen molar-refractivity contribution in [1.82, 2.24) is 0 Å². The molecule has 2 aromatic rings. The minimum absolute atomic E-state index is 0.200. The highest BCUT2D eigenvalue weighted by molar-refractivity contribution is 6.33. The first-order valence-electron chi connectivity index (χ1n) is 6.96. The SMILES string of the molecule is CC1=NN(c2cccc(Cl)c2)C(=O)/C1=C/c1ccc(C#N)cc1. The van der Waals surface area contributed by atoms with Crippen LogP contribution in [-0.4, -0.2) is 11.6 Å². The number of carbonyl (C=O) groups excluding carboxylic acids is 1. The summed E-state index contributed by atoms with van der Waals surface area (Å²) in [5.74, 6) is -0.200. The third kappa shape index (κ3) is 3.01. The van der Waals surface area contributed by atoms with Crippen molar-refractivity contribution >= 4 is 35.0 Å². The number of nitriles is 1. The predicted molar refractivity (Wildman–Crippen MR) is 91.2 cm³/mol. The van der Waals surface area contributed by atoms with Gasteiger partial charge in [0.1, 0.15) is 0 Å². The van der Waals surface area contributed by atoms with Gasteiger partial charge in [0.15, 0.2) is 0 Å². The van der Waals surface area contributed by atoms with E-state index in [4.69, 9.17) is 16.9 Å². The highest BCUT2D eigenvalue weighted by Gasteiger charge is 2.28. The summed E-state index contributed by atoms with van der Waals surface area (Å²) in [5, 5.41) is 15.0. The first kappa shape index (κ1) is 15.0. The molecule has 0 unspecified atom stereocenters. The molecule has 0 aromatic heterocycles. The summed E-state index contributed by atoms with van der Waals surface area (Å²) >= 11 is 5.97. The van der Waals surface area contributed by atoms with Crippen LogP contribution < -0.4 is 5.01 Å². The van der Waals surface area contributed by atoms with Crippen LogP contribution in [0.3, 0.4) is 0 Å². The minimum atomic E-state index is -0.200. The van der Waals surface area contributed by atoms with Gasteiger partial charge in [0.2, 0.25) is 0 Å². The van der Waals surface area contributed by atoms with Crippen LogP contribution in [0.5, 0.6) is 0 Å². The van der Waals surface area contributed by atoms with Gasteiger partial charge in [-0.1, -0.05) is 29.8 Å². The quantitative estimate of drug-likeness (QED) is 0.784. The van der Waals surface area contributed by atoms with Crippen molar-refractivity contribution in [2.45, 2.75) is 6.92 Å². The molecule has 5 heteroatoms. The fraction of sp³-hybridized carbons (Fsp3) is 0.0556. The van der Waals surface area contributed by atoms with E-state index in [1.165, 1.54) is 5.01 Å². The summed E-state index contributed by atoms with van der Waals surface area (Å²) in [6.45, 7) is 1.79. The fourth-order valence-corrected chi connectivity index (χ4v) is 2.47. The highest BCUT2D eigenvalue weighted by atomic mass is 35.5. The number of rotatable bonds is 2. The van der Waals surface area contributed by atoms with Gasteiger partial charge in [-0.15, -0.1) is 0 Å². The van der Waals surface area contributed by atoms with E-state index in [2.05, 4.69) is 11.2 Å². The van der Waals surface area contributed by atoms with Crippen molar-refractivity contribution < 1.29 is 4.79 Å². The first-order chi connectivity index (χ1) is 11.1. The topological polar surface area (TPSA) is 56.5 Å². The van der Waals surface area contributed by atoms with Gasteiger partial charge in [0.05, 0.1) is 28.6 Å². The Morgan fingerprint density at radius 1 is 1.22 bits per heavy atom. The van der Waals surface area contributed by atoms with E-state index in [-0.39, 0.29) is 5.91 Å². The fourth-order valence-electron chi connectivity index (χ4n) is 2.29. The molecule has 1 aliphatic heterocycles. The zero-order valence-corrected chi connectivity index (χ0v) is 13.1. The van der Waals surface area contributed by atoms with Gasteiger partial charge >= 0.3 is 0 Å². The molecule has 1 aliphatic rings. The number of amides is 1. The molecule has 112 valence electrons. The zero-order valence-electron chi connectivity index (χ0n) is 12.3. The van der Waals surface area contributed by atoms with Gasteiger partial charge in [0, 0.05) is 5.02 Å². The Balaban J connectivity index is 1.93. The minimum Gasteiger partial charge on any atom is -0.267 e. The lowest BCUT2D eigenvalue weighted by Gasteiger charge is -2.11. The molecule has 2 aromatic carbocycles. The van der Waals surface area contributed by atoms with Crippen LogP contribution in [0, 0.1) is 11.3 Å². The molecule has 1 amide bonds. The van der Waals surface area contributed by atoms with Gasteiger partial charge < -0.3 is 0 Å². The summed E-state index contributed by atoms with van der Waals surface area (Å²) in [4.78, 5) is 12.6. The van der Waals surface area contributed by atoms with Crippen LogP contribution in [-0.2, 0) is 4.79 Å². The summed E-state index contributed by atoms with van der Waals surface area (Å²) in [6.07, 6.45) is 1.77. The second kappa shape index (κ2) is 6.07. The Morgan fingerprint density at radius 2 is 1.96 bits per heavy atom.